The molecule has 0 aliphatic rings. The van der Waals surface area contributed by atoms with Gasteiger partial charge in [0.05, 0.1) is 7.11 Å². The molecule has 1 N–H and O–H groups in total. The maximum absolute atomic E-state index is 12.8. The maximum Gasteiger partial charge on any atom is 0.268 e. The molecule has 3 aromatic rings. The lowest BCUT2D eigenvalue weighted by molar-refractivity contribution is 0.0931. The summed E-state index contributed by atoms with van der Waals surface area (Å²) in [4.78, 5) is 17.1. The molecule has 25 heavy (non-hydrogen) atoms. The van der Waals surface area contributed by atoms with Crippen molar-refractivity contribution in [2.24, 2.45) is 7.05 Å². The number of carbonyl (C=O) groups excluding carboxylic acids is 1. The third-order valence-electron chi connectivity index (χ3n) is 4.49. The highest BCUT2D eigenvalue weighted by molar-refractivity contribution is 6.02. The summed E-state index contributed by atoms with van der Waals surface area (Å²) in [5.41, 5.74) is 3.62. The van der Waals surface area contributed by atoms with Crippen LogP contribution in [-0.4, -0.2) is 28.6 Å². The van der Waals surface area contributed by atoms with E-state index < -0.39 is 0 Å². The number of hydrogen-bond donors (Lipinski definition) is 1. The van der Waals surface area contributed by atoms with Crippen LogP contribution in [0.4, 0.5) is 0 Å². The monoisotopic (exact) mass is 337 g/mol. The molecule has 3 rings (SSSR count). The average molecular weight is 337 g/mol. The molecular weight excluding hydrogens is 314 g/mol. The molecule has 0 spiro atoms. The molecule has 2 aromatic heterocycles. The van der Waals surface area contributed by atoms with E-state index in [1.165, 1.54) is 0 Å². The van der Waals surface area contributed by atoms with E-state index in [0.717, 1.165) is 27.9 Å². The minimum Gasteiger partial charge on any atom is -0.497 e. The first-order valence-electron chi connectivity index (χ1n) is 8.35. The average Bonchev–Trinajstić information content (AvgIpc) is 2.86. The molecule has 1 amide bonds. The Labute approximate surface area is 147 Å². The predicted octanol–water partition coefficient (Wildman–Crippen LogP) is 3.25. The third-order valence-corrected chi connectivity index (χ3v) is 4.49. The number of ether oxygens (including phenoxy) is 1. The van der Waals surface area contributed by atoms with Crippen LogP contribution < -0.4 is 10.1 Å². The van der Waals surface area contributed by atoms with Gasteiger partial charge in [-0.1, -0.05) is 6.07 Å². The molecule has 0 radical (unpaired) electrons. The van der Waals surface area contributed by atoms with E-state index in [9.17, 15) is 4.79 Å². The molecule has 0 bridgehead atoms. The number of fused-ring (bicyclic) bond motifs is 1. The van der Waals surface area contributed by atoms with Crippen LogP contribution in [0.1, 0.15) is 28.7 Å². The Bertz CT molecular complexity index is 900. The summed E-state index contributed by atoms with van der Waals surface area (Å²) in [5.74, 6) is 0.718. The Kier molecular flexibility index (Phi) is 4.74. The van der Waals surface area contributed by atoms with Crippen LogP contribution in [0.15, 0.2) is 42.6 Å². The highest BCUT2D eigenvalue weighted by atomic mass is 16.5. The quantitative estimate of drug-likeness (QED) is 0.777. The molecule has 0 saturated heterocycles. The van der Waals surface area contributed by atoms with Crippen molar-refractivity contribution in [2.75, 3.05) is 7.11 Å². The predicted molar refractivity (Wildman–Crippen MR) is 99.1 cm³/mol. The summed E-state index contributed by atoms with van der Waals surface area (Å²) in [6.45, 7) is 3.97. The molecule has 0 aliphatic carbocycles. The van der Waals surface area contributed by atoms with Gasteiger partial charge in [0.2, 0.25) is 0 Å². The number of amides is 1. The molecule has 0 aliphatic heterocycles. The zero-order valence-corrected chi connectivity index (χ0v) is 15.0. The highest BCUT2D eigenvalue weighted by Gasteiger charge is 2.20. The molecule has 5 nitrogen and oxygen atoms in total. The smallest absolute Gasteiger partial charge is 0.268 e. The first-order valence-corrected chi connectivity index (χ1v) is 8.35. The van der Waals surface area contributed by atoms with Crippen molar-refractivity contribution in [3.05, 3.63) is 59.5 Å². The maximum atomic E-state index is 12.8. The first-order chi connectivity index (χ1) is 12.0. The third kappa shape index (κ3) is 3.36. The molecule has 0 saturated carbocycles. The number of nitrogens with zero attached hydrogens (tertiary/aromatic N) is 2. The summed E-state index contributed by atoms with van der Waals surface area (Å²) in [5, 5.41) is 4.12. The van der Waals surface area contributed by atoms with Gasteiger partial charge in [0, 0.05) is 42.3 Å². The molecular formula is C20H23N3O2. The molecule has 1 atom stereocenters. The fourth-order valence-corrected chi connectivity index (χ4v) is 3.23. The van der Waals surface area contributed by atoms with Gasteiger partial charge in [-0.05, 0) is 49.7 Å². The Morgan fingerprint density at radius 1 is 1.32 bits per heavy atom. The van der Waals surface area contributed by atoms with Crippen LogP contribution in [-0.2, 0) is 13.5 Å². The second-order valence-electron chi connectivity index (χ2n) is 6.32. The van der Waals surface area contributed by atoms with Crippen LogP contribution in [0.25, 0.3) is 10.9 Å². The summed E-state index contributed by atoms with van der Waals surface area (Å²) in [6.07, 6.45) is 2.47. The van der Waals surface area contributed by atoms with Gasteiger partial charge in [0.1, 0.15) is 11.4 Å². The van der Waals surface area contributed by atoms with E-state index in [4.69, 9.17) is 4.74 Å². The fourth-order valence-electron chi connectivity index (χ4n) is 3.23. The van der Waals surface area contributed by atoms with Gasteiger partial charge in [-0.3, -0.25) is 9.78 Å². The zero-order chi connectivity index (χ0) is 18.0. The highest BCUT2D eigenvalue weighted by Crippen LogP contribution is 2.28. The summed E-state index contributed by atoms with van der Waals surface area (Å²) in [6, 6.07) is 11.7. The van der Waals surface area contributed by atoms with Gasteiger partial charge in [0.15, 0.2) is 0 Å². The standard InChI is InChI=1S/C20H23N3O2/c1-13(11-15-7-5-6-10-21-15)22-20(24)19-14(2)17-12-16(25-4)8-9-18(17)23(19)3/h5-10,12-13H,11H2,1-4H3,(H,22,24)/t13-/m1/s1. The Balaban J connectivity index is 1.84. The number of methoxy groups -OCH3 is 1. The zero-order valence-electron chi connectivity index (χ0n) is 15.0. The largest absolute Gasteiger partial charge is 0.497 e. The van der Waals surface area contributed by atoms with Crippen LogP contribution in [0, 0.1) is 6.92 Å². The SMILES string of the molecule is COc1ccc2c(c1)c(C)c(C(=O)N[C@H](C)Cc1ccccn1)n2C. The van der Waals surface area contributed by atoms with Crippen LogP contribution in [0.5, 0.6) is 5.75 Å². The number of carbonyl (C=O) groups is 1. The van der Waals surface area contributed by atoms with Gasteiger partial charge in [-0.15, -0.1) is 0 Å². The summed E-state index contributed by atoms with van der Waals surface area (Å²) >= 11 is 0. The van der Waals surface area contributed by atoms with E-state index >= 15 is 0 Å². The Hall–Kier alpha value is -2.82. The van der Waals surface area contributed by atoms with Crippen molar-refractivity contribution in [3.8, 4) is 5.75 Å². The minimum absolute atomic E-state index is 0.00523. The van der Waals surface area contributed by atoms with E-state index in [1.54, 1.807) is 13.3 Å². The molecule has 1 aromatic carbocycles. The normalized spacial score (nSPS) is 12.2. The summed E-state index contributed by atoms with van der Waals surface area (Å²) in [7, 11) is 3.56. The molecule has 2 heterocycles. The summed E-state index contributed by atoms with van der Waals surface area (Å²) < 4.78 is 7.24. The van der Waals surface area contributed by atoms with Gasteiger partial charge in [-0.25, -0.2) is 0 Å². The molecule has 0 unspecified atom stereocenters. The topological polar surface area (TPSA) is 56.1 Å². The van der Waals surface area contributed by atoms with E-state index in [0.29, 0.717) is 12.1 Å². The Morgan fingerprint density at radius 2 is 2.12 bits per heavy atom. The van der Waals surface area contributed by atoms with Gasteiger partial charge >= 0.3 is 0 Å². The minimum atomic E-state index is -0.0707. The Morgan fingerprint density at radius 3 is 2.80 bits per heavy atom. The molecule has 5 heteroatoms. The lowest BCUT2D eigenvalue weighted by Gasteiger charge is -2.14. The number of aryl methyl sites for hydroxylation is 2. The van der Waals surface area contributed by atoms with E-state index in [2.05, 4.69) is 10.3 Å². The van der Waals surface area contributed by atoms with Gasteiger partial charge in [0.25, 0.3) is 5.91 Å². The van der Waals surface area contributed by atoms with Crippen molar-refractivity contribution < 1.29 is 9.53 Å². The first kappa shape index (κ1) is 17.0. The lowest BCUT2D eigenvalue weighted by Crippen LogP contribution is -2.35. The van der Waals surface area contributed by atoms with Crippen molar-refractivity contribution in [2.45, 2.75) is 26.3 Å². The van der Waals surface area contributed by atoms with Crippen LogP contribution in [0.3, 0.4) is 0 Å². The second kappa shape index (κ2) is 6.97. The molecule has 0 fully saturated rings. The second-order valence-corrected chi connectivity index (χ2v) is 6.32. The number of rotatable bonds is 5. The number of pyridine rings is 1. The van der Waals surface area contributed by atoms with E-state index in [-0.39, 0.29) is 11.9 Å². The van der Waals surface area contributed by atoms with Gasteiger partial charge < -0.3 is 14.6 Å². The van der Waals surface area contributed by atoms with Crippen molar-refractivity contribution in [1.29, 1.82) is 0 Å². The van der Waals surface area contributed by atoms with Crippen LogP contribution in [0.2, 0.25) is 0 Å². The molecule has 130 valence electrons. The lowest BCUT2D eigenvalue weighted by atomic mass is 10.1. The van der Waals surface area contributed by atoms with Crippen molar-refractivity contribution in [3.63, 3.8) is 0 Å². The number of aromatic nitrogens is 2. The number of benzene rings is 1. The van der Waals surface area contributed by atoms with Crippen LogP contribution >= 0.6 is 0 Å². The van der Waals surface area contributed by atoms with Gasteiger partial charge in [-0.2, -0.15) is 0 Å². The fraction of sp³-hybridized carbons (Fsp3) is 0.300. The van der Waals surface area contributed by atoms with E-state index in [1.807, 2.05) is 61.9 Å². The number of nitrogens with one attached hydrogen (secondary N) is 1. The van der Waals surface area contributed by atoms with Crippen molar-refractivity contribution >= 4 is 16.8 Å². The van der Waals surface area contributed by atoms with Crippen molar-refractivity contribution in [1.82, 2.24) is 14.9 Å². The number of hydrogen-bond acceptors (Lipinski definition) is 3.